The molecule has 0 spiro atoms. The zero-order chi connectivity index (χ0) is 15.0. The van der Waals surface area contributed by atoms with E-state index in [1.165, 1.54) is 0 Å². The fraction of sp³-hybridized carbons (Fsp3) is 0.538. The molecule has 1 rings (SSSR count). The summed E-state index contributed by atoms with van der Waals surface area (Å²) in [6, 6.07) is 6.63. The van der Waals surface area contributed by atoms with Crippen molar-refractivity contribution in [2.45, 2.75) is 18.8 Å². The SMILES string of the molecule is COC(F)(F)COCC(O)COc1ccc(CO)cc1. The molecule has 0 aromatic heterocycles. The van der Waals surface area contributed by atoms with Crippen LogP contribution in [0.3, 0.4) is 0 Å². The molecule has 0 heterocycles. The van der Waals surface area contributed by atoms with Crippen LogP contribution in [0.1, 0.15) is 5.56 Å². The second-order valence-electron chi connectivity index (χ2n) is 4.12. The molecule has 2 N–H and O–H groups in total. The summed E-state index contributed by atoms with van der Waals surface area (Å²) in [6.07, 6.45) is -4.39. The van der Waals surface area contributed by atoms with Crippen LogP contribution in [0.4, 0.5) is 8.78 Å². The molecule has 0 saturated carbocycles. The molecular formula is C13H18F2O5. The largest absolute Gasteiger partial charge is 0.491 e. The van der Waals surface area contributed by atoms with E-state index in [0.717, 1.165) is 12.7 Å². The van der Waals surface area contributed by atoms with Crippen LogP contribution in [0.5, 0.6) is 5.75 Å². The predicted octanol–water partition coefficient (Wildman–Crippen LogP) is 1.17. The maximum atomic E-state index is 12.6. The number of aliphatic hydroxyl groups excluding tert-OH is 2. The number of alkyl halides is 2. The number of aliphatic hydroxyl groups is 2. The summed E-state index contributed by atoms with van der Waals surface area (Å²) in [5, 5.41) is 18.4. The average Bonchev–Trinajstić information content (AvgIpc) is 2.45. The Bertz CT molecular complexity index is 383. The third-order valence-corrected chi connectivity index (χ3v) is 2.43. The van der Waals surface area contributed by atoms with E-state index in [1.807, 2.05) is 0 Å². The Hall–Kier alpha value is -1.28. The van der Waals surface area contributed by atoms with E-state index < -0.39 is 18.8 Å². The van der Waals surface area contributed by atoms with Gasteiger partial charge in [-0.1, -0.05) is 12.1 Å². The van der Waals surface area contributed by atoms with E-state index in [1.54, 1.807) is 24.3 Å². The molecule has 1 aromatic rings. The van der Waals surface area contributed by atoms with Gasteiger partial charge >= 0.3 is 6.11 Å². The summed E-state index contributed by atoms with van der Waals surface area (Å²) in [5.74, 6) is 0.503. The minimum atomic E-state index is -3.36. The number of rotatable bonds is 9. The first kappa shape index (κ1) is 16.8. The van der Waals surface area contributed by atoms with Crippen molar-refractivity contribution in [3.63, 3.8) is 0 Å². The second kappa shape index (κ2) is 8.11. The standard InChI is InChI=1S/C13H18F2O5/c1-18-13(14,15)9-19-7-11(17)8-20-12-4-2-10(6-16)3-5-12/h2-5,11,16-17H,6-9H2,1H3. The molecule has 0 radical (unpaired) electrons. The fourth-order valence-electron chi connectivity index (χ4n) is 1.30. The quantitative estimate of drug-likeness (QED) is 0.715. The first-order valence-electron chi connectivity index (χ1n) is 5.98. The van der Waals surface area contributed by atoms with Gasteiger partial charge in [-0.3, -0.25) is 0 Å². The zero-order valence-electron chi connectivity index (χ0n) is 11.1. The van der Waals surface area contributed by atoms with Crippen molar-refractivity contribution in [3.05, 3.63) is 29.8 Å². The third kappa shape index (κ3) is 6.25. The van der Waals surface area contributed by atoms with E-state index in [2.05, 4.69) is 9.47 Å². The van der Waals surface area contributed by atoms with E-state index in [4.69, 9.17) is 9.84 Å². The highest BCUT2D eigenvalue weighted by Gasteiger charge is 2.28. The number of hydrogen-bond donors (Lipinski definition) is 2. The van der Waals surface area contributed by atoms with Gasteiger partial charge < -0.3 is 24.4 Å². The molecule has 1 unspecified atom stereocenters. The molecule has 1 atom stereocenters. The van der Waals surface area contributed by atoms with Crippen LogP contribution in [0.25, 0.3) is 0 Å². The van der Waals surface area contributed by atoms with Gasteiger partial charge in [0.05, 0.1) is 13.2 Å². The molecule has 0 saturated heterocycles. The van der Waals surface area contributed by atoms with Gasteiger partial charge in [0.25, 0.3) is 0 Å². The number of halogens is 2. The lowest BCUT2D eigenvalue weighted by Gasteiger charge is -2.16. The molecule has 114 valence electrons. The van der Waals surface area contributed by atoms with Gasteiger partial charge in [-0.25, -0.2) is 0 Å². The van der Waals surface area contributed by atoms with Gasteiger partial charge in [0, 0.05) is 7.11 Å². The zero-order valence-corrected chi connectivity index (χ0v) is 11.1. The highest BCUT2D eigenvalue weighted by Crippen LogP contribution is 2.14. The lowest BCUT2D eigenvalue weighted by Crippen LogP contribution is -2.30. The van der Waals surface area contributed by atoms with Crippen LogP contribution < -0.4 is 4.74 Å². The van der Waals surface area contributed by atoms with Crippen LogP contribution in [0.2, 0.25) is 0 Å². The van der Waals surface area contributed by atoms with Crippen LogP contribution >= 0.6 is 0 Å². The number of benzene rings is 1. The Kier molecular flexibility index (Phi) is 6.80. The normalized spacial score (nSPS) is 13.2. The van der Waals surface area contributed by atoms with Gasteiger partial charge in [-0.2, -0.15) is 8.78 Å². The lowest BCUT2D eigenvalue weighted by molar-refractivity contribution is -0.252. The van der Waals surface area contributed by atoms with Crippen molar-refractivity contribution in [2.75, 3.05) is 26.9 Å². The van der Waals surface area contributed by atoms with Crippen molar-refractivity contribution >= 4 is 0 Å². The first-order valence-corrected chi connectivity index (χ1v) is 5.98. The van der Waals surface area contributed by atoms with Gasteiger partial charge in [-0.05, 0) is 17.7 Å². The summed E-state index contributed by atoms with van der Waals surface area (Å²) < 4.78 is 39.1. The van der Waals surface area contributed by atoms with E-state index in [-0.39, 0.29) is 19.8 Å². The van der Waals surface area contributed by atoms with Gasteiger partial charge in [0.1, 0.15) is 25.1 Å². The Morgan fingerprint density at radius 1 is 1.20 bits per heavy atom. The van der Waals surface area contributed by atoms with Crippen molar-refractivity contribution in [1.29, 1.82) is 0 Å². The molecule has 0 aliphatic carbocycles. The predicted molar refractivity (Wildman–Crippen MR) is 66.6 cm³/mol. The summed E-state index contributed by atoms with van der Waals surface area (Å²) in [5.41, 5.74) is 0.739. The van der Waals surface area contributed by atoms with Crippen LogP contribution in [0.15, 0.2) is 24.3 Å². The van der Waals surface area contributed by atoms with Crippen molar-refractivity contribution in [1.82, 2.24) is 0 Å². The fourth-order valence-corrected chi connectivity index (χ4v) is 1.30. The molecule has 0 aliphatic heterocycles. The summed E-state index contributed by atoms with van der Waals surface area (Å²) in [4.78, 5) is 0. The molecule has 5 nitrogen and oxygen atoms in total. The van der Waals surface area contributed by atoms with Crippen molar-refractivity contribution in [2.24, 2.45) is 0 Å². The molecule has 0 amide bonds. The van der Waals surface area contributed by atoms with Gasteiger partial charge in [0.2, 0.25) is 0 Å². The number of ether oxygens (including phenoxy) is 3. The Morgan fingerprint density at radius 2 is 1.85 bits per heavy atom. The Morgan fingerprint density at radius 3 is 2.40 bits per heavy atom. The van der Waals surface area contributed by atoms with E-state index in [9.17, 15) is 13.9 Å². The smallest absolute Gasteiger partial charge is 0.378 e. The number of methoxy groups -OCH3 is 1. The monoisotopic (exact) mass is 292 g/mol. The van der Waals surface area contributed by atoms with E-state index in [0.29, 0.717) is 5.75 Å². The molecule has 0 fully saturated rings. The minimum Gasteiger partial charge on any atom is -0.491 e. The highest BCUT2D eigenvalue weighted by molar-refractivity contribution is 5.26. The average molecular weight is 292 g/mol. The summed E-state index contributed by atoms with van der Waals surface area (Å²) in [7, 11) is 0.874. The summed E-state index contributed by atoms with van der Waals surface area (Å²) in [6.45, 7) is -1.36. The molecule has 7 heteroatoms. The van der Waals surface area contributed by atoms with Crippen molar-refractivity contribution < 1.29 is 33.2 Å². The third-order valence-electron chi connectivity index (χ3n) is 2.43. The topological polar surface area (TPSA) is 68.2 Å². The van der Waals surface area contributed by atoms with E-state index >= 15 is 0 Å². The van der Waals surface area contributed by atoms with Crippen LogP contribution in [-0.4, -0.2) is 49.4 Å². The highest BCUT2D eigenvalue weighted by atomic mass is 19.3. The maximum Gasteiger partial charge on any atom is 0.378 e. The maximum absolute atomic E-state index is 12.6. The molecule has 1 aromatic carbocycles. The number of hydrogen-bond acceptors (Lipinski definition) is 5. The lowest BCUT2D eigenvalue weighted by atomic mass is 10.2. The van der Waals surface area contributed by atoms with Crippen LogP contribution in [-0.2, 0) is 16.1 Å². The Labute approximate surface area is 115 Å². The van der Waals surface area contributed by atoms with Gasteiger partial charge in [0.15, 0.2) is 0 Å². The van der Waals surface area contributed by atoms with Gasteiger partial charge in [-0.15, -0.1) is 0 Å². The minimum absolute atomic E-state index is 0.0650. The molecule has 0 aliphatic rings. The second-order valence-corrected chi connectivity index (χ2v) is 4.12. The molecule has 0 bridgehead atoms. The Balaban J connectivity index is 2.23. The van der Waals surface area contributed by atoms with Crippen LogP contribution in [0, 0.1) is 0 Å². The molecular weight excluding hydrogens is 274 g/mol. The molecule has 20 heavy (non-hydrogen) atoms. The summed E-state index contributed by atoms with van der Waals surface area (Å²) >= 11 is 0. The first-order chi connectivity index (χ1) is 9.46. The van der Waals surface area contributed by atoms with Crippen molar-refractivity contribution in [3.8, 4) is 5.75 Å².